The van der Waals surface area contributed by atoms with Crippen molar-refractivity contribution in [3.05, 3.63) is 45.7 Å². The molecule has 0 atom stereocenters. The van der Waals surface area contributed by atoms with E-state index < -0.39 is 16.7 Å². The predicted molar refractivity (Wildman–Crippen MR) is 51.3 cm³/mol. The zero-order valence-corrected chi connectivity index (χ0v) is 7.45. The second-order valence-corrected chi connectivity index (χ2v) is 2.68. The lowest BCUT2D eigenvalue weighted by Crippen LogP contribution is -1.98. The van der Waals surface area contributed by atoms with Gasteiger partial charge in [-0.3, -0.25) is 10.1 Å². The van der Waals surface area contributed by atoms with Gasteiger partial charge in [0.25, 0.3) is 5.69 Å². The molecule has 0 aliphatic carbocycles. The van der Waals surface area contributed by atoms with Gasteiger partial charge in [0.2, 0.25) is 5.76 Å². The quantitative estimate of drug-likeness (QED) is 0.340. The Morgan fingerprint density at radius 1 is 1.27 bits per heavy atom. The summed E-state index contributed by atoms with van der Waals surface area (Å²) in [6.07, 6.45) is 1.01. The van der Waals surface area contributed by atoms with Crippen LogP contribution >= 0.6 is 0 Å². The minimum absolute atomic E-state index is 0.0954. The van der Waals surface area contributed by atoms with Crippen LogP contribution in [0.3, 0.4) is 0 Å². The molecule has 1 aromatic rings. The molecular formula is C9H7NO5. The van der Waals surface area contributed by atoms with Crippen molar-refractivity contribution in [1.82, 2.24) is 0 Å². The highest BCUT2D eigenvalue weighted by Gasteiger charge is 2.06. The van der Waals surface area contributed by atoms with Crippen LogP contribution in [0.5, 0.6) is 0 Å². The molecule has 0 saturated carbocycles. The minimum Gasteiger partial charge on any atom is -0.502 e. The van der Waals surface area contributed by atoms with Crippen LogP contribution in [0.2, 0.25) is 0 Å². The zero-order valence-electron chi connectivity index (χ0n) is 7.45. The van der Waals surface area contributed by atoms with E-state index in [2.05, 4.69) is 0 Å². The summed E-state index contributed by atoms with van der Waals surface area (Å²) in [5.74, 6) is -2.27. The van der Waals surface area contributed by atoms with Crippen molar-refractivity contribution >= 4 is 17.7 Å². The number of hydrogen-bond acceptors (Lipinski definition) is 4. The summed E-state index contributed by atoms with van der Waals surface area (Å²) < 4.78 is 0. The first-order valence-corrected chi connectivity index (χ1v) is 3.89. The molecule has 0 radical (unpaired) electrons. The number of hydrogen-bond donors (Lipinski definition) is 2. The maximum absolute atomic E-state index is 10.3. The number of carbonyl (C=O) groups is 1. The third-order valence-corrected chi connectivity index (χ3v) is 1.63. The Morgan fingerprint density at radius 2 is 1.80 bits per heavy atom. The third kappa shape index (κ3) is 2.80. The van der Waals surface area contributed by atoms with Gasteiger partial charge < -0.3 is 10.2 Å². The van der Waals surface area contributed by atoms with Crippen LogP contribution in [0.4, 0.5) is 5.69 Å². The highest BCUT2D eigenvalue weighted by Crippen LogP contribution is 2.13. The Morgan fingerprint density at radius 3 is 2.20 bits per heavy atom. The molecule has 0 spiro atoms. The maximum atomic E-state index is 10.3. The van der Waals surface area contributed by atoms with Crippen molar-refractivity contribution in [3.8, 4) is 0 Å². The number of aliphatic carboxylic acids is 1. The first kappa shape index (κ1) is 10.7. The number of nitro benzene ring substituents is 1. The first-order chi connectivity index (χ1) is 7.00. The van der Waals surface area contributed by atoms with E-state index in [0.29, 0.717) is 5.56 Å². The lowest BCUT2D eigenvalue weighted by molar-refractivity contribution is -0.384. The molecule has 2 N–H and O–H groups in total. The molecule has 0 bridgehead atoms. The van der Waals surface area contributed by atoms with Gasteiger partial charge in [0.15, 0.2) is 0 Å². The van der Waals surface area contributed by atoms with Crippen molar-refractivity contribution < 1.29 is 19.9 Å². The van der Waals surface area contributed by atoms with Crippen LogP contribution in [0, 0.1) is 10.1 Å². The Balaban J connectivity index is 2.95. The summed E-state index contributed by atoms with van der Waals surface area (Å²) in [7, 11) is 0. The fourth-order valence-electron chi connectivity index (χ4n) is 0.912. The highest BCUT2D eigenvalue weighted by atomic mass is 16.6. The number of nitro groups is 1. The van der Waals surface area contributed by atoms with Gasteiger partial charge in [-0.1, -0.05) is 0 Å². The van der Waals surface area contributed by atoms with Gasteiger partial charge in [-0.25, -0.2) is 4.79 Å². The summed E-state index contributed by atoms with van der Waals surface area (Å²) in [6.45, 7) is 0. The summed E-state index contributed by atoms with van der Waals surface area (Å²) in [6, 6.07) is 5.14. The van der Waals surface area contributed by atoms with Gasteiger partial charge in [-0.15, -0.1) is 0 Å². The van der Waals surface area contributed by atoms with Crippen LogP contribution in [0.1, 0.15) is 5.56 Å². The molecule has 78 valence electrons. The number of aliphatic hydroxyl groups is 1. The average Bonchev–Trinajstić information content (AvgIpc) is 2.18. The lowest BCUT2D eigenvalue weighted by Gasteiger charge is -1.94. The zero-order chi connectivity index (χ0) is 11.4. The molecule has 0 fully saturated rings. The van der Waals surface area contributed by atoms with E-state index in [1.165, 1.54) is 24.3 Å². The van der Waals surface area contributed by atoms with Crippen molar-refractivity contribution in [2.24, 2.45) is 0 Å². The van der Waals surface area contributed by atoms with Gasteiger partial charge in [0, 0.05) is 12.1 Å². The first-order valence-electron chi connectivity index (χ1n) is 3.89. The third-order valence-electron chi connectivity index (χ3n) is 1.63. The average molecular weight is 209 g/mol. The molecule has 0 saturated heterocycles. The lowest BCUT2D eigenvalue weighted by atomic mass is 10.2. The van der Waals surface area contributed by atoms with Crippen LogP contribution in [0.25, 0.3) is 6.08 Å². The molecule has 0 aliphatic heterocycles. The molecule has 0 unspecified atom stereocenters. The fraction of sp³-hybridized carbons (Fsp3) is 0. The summed E-state index contributed by atoms with van der Waals surface area (Å²) in [5, 5.41) is 27.5. The second-order valence-electron chi connectivity index (χ2n) is 2.68. The Kier molecular flexibility index (Phi) is 3.02. The van der Waals surface area contributed by atoms with Gasteiger partial charge in [-0.2, -0.15) is 0 Å². The monoisotopic (exact) mass is 209 g/mol. The van der Waals surface area contributed by atoms with E-state index in [9.17, 15) is 14.9 Å². The topological polar surface area (TPSA) is 101 Å². The summed E-state index contributed by atoms with van der Waals surface area (Å²) >= 11 is 0. The Hall–Kier alpha value is -2.37. The molecule has 0 heterocycles. The molecule has 0 amide bonds. The van der Waals surface area contributed by atoms with Crippen LogP contribution in [-0.2, 0) is 4.79 Å². The van der Waals surface area contributed by atoms with E-state index in [4.69, 9.17) is 10.2 Å². The molecule has 6 heteroatoms. The van der Waals surface area contributed by atoms with Crippen LogP contribution in [0.15, 0.2) is 30.0 Å². The molecule has 1 aromatic carbocycles. The number of benzene rings is 1. The number of rotatable bonds is 3. The fourth-order valence-corrected chi connectivity index (χ4v) is 0.912. The van der Waals surface area contributed by atoms with Crippen molar-refractivity contribution in [3.63, 3.8) is 0 Å². The van der Waals surface area contributed by atoms with E-state index >= 15 is 0 Å². The number of carboxylic acid groups (broad SMARTS) is 1. The van der Waals surface area contributed by atoms with Gasteiger partial charge in [-0.05, 0) is 23.8 Å². The van der Waals surface area contributed by atoms with E-state index in [1.807, 2.05) is 0 Å². The largest absolute Gasteiger partial charge is 0.502 e. The second kappa shape index (κ2) is 4.23. The summed E-state index contributed by atoms with van der Waals surface area (Å²) in [4.78, 5) is 20.0. The van der Waals surface area contributed by atoms with Crippen molar-refractivity contribution in [2.75, 3.05) is 0 Å². The predicted octanol–water partition coefficient (Wildman–Crippen LogP) is 1.58. The molecule has 15 heavy (non-hydrogen) atoms. The van der Waals surface area contributed by atoms with Crippen LogP contribution in [-0.4, -0.2) is 21.1 Å². The molecule has 6 nitrogen and oxygen atoms in total. The molecular weight excluding hydrogens is 202 g/mol. The van der Waals surface area contributed by atoms with E-state index in [-0.39, 0.29) is 5.69 Å². The number of aliphatic hydroxyl groups excluding tert-OH is 1. The SMILES string of the molecule is O=C(O)/C(O)=C\c1ccc([N+](=O)[O-])cc1. The highest BCUT2D eigenvalue weighted by molar-refractivity contribution is 5.89. The molecule has 1 rings (SSSR count). The number of nitrogens with zero attached hydrogens (tertiary/aromatic N) is 1. The Labute approximate surface area is 84.2 Å². The van der Waals surface area contributed by atoms with Gasteiger partial charge in [0.1, 0.15) is 0 Å². The number of carboxylic acids is 1. The van der Waals surface area contributed by atoms with Crippen molar-refractivity contribution in [1.29, 1.82) is 0 Å². The van der Waals surface area contributed by atoms with E-state index in [1.54, 1.807) is 0 Å². The minimum atomic E-state index is -1.45. The summed E-state index contributed by atoms with van der Waals surface area (Å²) in [5.41, 5.74) is 0.280. The Bertz CT molecular complexity index is 421. The normalized spacial score (nSPS) is 11.1. The van der Waals surface area contributed by atoms with Crippen LogP contribution < -0.4 is 0 Å². The van der Waals surface area contributed by atoms with Gasteiger partial charge >= 0.3 is 5.97 Å². The van der Waals surface area contributed by atoms with Gasteiger partial charge in [0.05, 0.1) is 4.92 Å². The number of non-ortho nitro benzene ring substituents is 1. The smallest absolute Gasteiger partial charge is 0.370 e. The maximum Gasteiger partial charge on any atom is 0.370 e. The molecule has 0 aliphatic rings. The molecule has 0 aromatic heterocycles. The van der Waals surface area contributed by atoms with Crippen molar-refractivity contribution in [2.45, 2.75) is 0 Å². The standard InChI is InChI=1S/C9H7NO5/c11-8(9(12)13)5-6-1-3-7(4-2-6)10(14)15/h1-5,11H,(H,12,13)/b8-5+. The van der Waals surface area contributed by atoms with E-state index in [0.717, 1.165) is 6.08 Å².